The molecule has 1 N–H and O–H groups in total. The fourth-order valence-electron chi connectivity index (χ4n) is 3.35. The van der Waals surface area contributed by atoms with Crippen LogP contribution in [-0.2, 0) is 4.74 Å². The third-order valence-corrected chi connectivity index (χ3v) is 4.13. The molecule has 0 aromatic carbocycles. The van der Waals surface area contributed by atoms with Crippen LogP contribution in [-0.4, -0.2) is 23.7 Å². The standard InChI is InChI=1S/C16H25FN2O/c1-3-19-15(13-10-14(17)12-18-11-13)16(20-4-2)8-6-5-7-9-16/h10-12,15,19H,3-9H2,1-2H3. The molecule has 0 saturated heterocycles. The van der Waals surface area contributed by atoms with Gasteiger partial charge >= 0.3 is 0 Å². The lowest BCUT2D eigenvalue weighted by Gasteiger charge is -2.43. The molecule has 0 spiro atoms. The normalized spacial score (nSPS) is 19.8. The van der Waals surface area contributed by atoms with Crippen molar-refractivity contribution in [2.45, 2.75) is 57.6 Å². The molecule has 20 heavy (non-hydrogen) atoms. The zero-order valence-corrected chi connectivity index (χ0v) is 12.5. The fraction of sp³-hybridized carbons (Fsp3) is 0.688. The second kappa shape index (κ2) is 7.14. The van der Waals surface area contributed by atoms with Crippen LogP contribution in [0.3, 0.4) is 0 Å². The maximum absolute atomic E-state index is 13.5. The predicted octanol–water partition coefficient (Wildman–Crippen LogP) is 3.61. The molecule has 1 atom stereocenters. The number of likely N-dealkylation sites (N-methyl/N-ethyl adjacent to an activating group) is 1. The summed E-state index contributed by atoms with van der Waals surface area (Å²) in [5.74, 6) is -0.284. The summed E-state index contributed by atoms with van der Waals surface area (Å²) < 4.78 is 19.7. The van der Waals surface area contributed by atoms with Crippen molar-refractivity contribution in [2.75, 3.05) is 13.2 Å². The van der Waals surface area contributed by atoms with E-state index in [0.29, 0.717) is 6.61 Å². The number of hydrogen-bond acceptors (Lipinski definition) is 3. The van der Waals surface area contributed by atoms with Crippen LogP contribution in [0.5, 0.6) is 0 Å². The van der Waals surface area contributed by atoms with Gasteiger partial charge in [0, 0.05) is 12.8 Å². The van der Waals surface area contributed by atoms with E-state index in [0.717, 1.165) is 24.9 Å². The number of halogens is 1. The third kappa shape index (κ3) is 3.36. The second-order valence-electron chi connectivity index (χ2n) is 5.49. The van der Waals surface area contributed by atoms with Crippen LogP contribution in [0.4, 0.5) is 4.39 Å². The quantitative estimate of drug-likeness (QED) is 0.864. The van der Waals surface area contributed by atoms with Gasteiger partial charge in [0.1, 0.15) is 5.82 Å². The Labute approximate surface area is 120 Å². The van der Waals surface area contributed by atoms with Crippen LogP contribution in [0.15, 0.2) is 18.5 Å². The van der Waals surface area contributed by atoms with E-state index >= 15 is 0 Å². The molecule has 1 aliphatic rings. The summed E-state index contributed by atoms with van der Waals surface area (Å²) in [6, 6.07) is 1.59. The highest BCUT2D eigenvalue weighted by molar-refractivity contribution is 5.20. The van der Waals surface area contributed by atoms with E-state index in [1.165, 1.54) is 25.5 Å². The van der Waals surface area contributed by atoms with Crippen LogP contribution < -0.4 is 5.32 Å². The third-order valence-electron chi connectivity index (χ3n) is 4.13. The van der Waals surface area contributed by atoms with Crippen molar-refractivity contribution >= 4 is 0 Å². The van der Waals surface area contributed by atoms with E-state index in [4.69, 9.17) is 4.74 Å². The molecule has 0 radical (unpaired) electrons. The number of pyridine rings is 1. The maximum atomic E-state index is 13.5. The van der Waals surface area contributed by atoms with Gasteiger partial charge in [-0.15, -0.1) is 0 Å². The van der Waals surface area contributed by atoms with Crippen molar-refractivity contribution in [1.29, 1.82) is 0 Å². The molecule has 3 nitrogen and oxygen atoms in total. The Morgan fingerprint density at radius 3 is 2.65 bits per heavy atom. The lowest BCUT2D eigenvalue weighted by Crippen LogP contribution is -2.47. The minimum Gasteiger partial charge on any atom is -0.373 e. The second-order valence-corrected chi connectivity index (χ2v) is 5.49. The molecule has 2 rings (SSSR count). The van der Waals surface area contributed by atoms with E-state index in [1.807, 2.05) is 6.92 Å². The van der Waals surface area contributed by atoms with E-state index in [2.05, 4.69) is 17.2 Å². The molecule has 1 aliphatic carbocycles. The van der Waals surface area contributed by atoms with Gasteiger partial charge in [-0.05, 0) is 37.9 Å². The SMILES string of the molecule is CCNC(c1cncc(F)c1)C1(OCC)CCCCC1. The average Bonchev–Trinajstić information content (AvgIpc) is 2.46. The van der Waals surface area contributed by atoms with E-state index in [-0.39, 0.29) is 17.5 Å². The maximum Gasteiger partial charge on any atom is 0.141 e. The highest BCUT2D eigenvalue weighted by Gasteiger charge is 2.41. The highest BCUT2D eigenvalue weighted by atomic mass is 19.1. The summed E-state index contributed by atoms with van der Waals surface area (Å²) in [6.45, 7) is 5.62. The average molecular weight is 280 g/mol. The molecule has 1 aromatic heterocycles. The summed E-state index contributed by atoms with van der Waals surface area (Å²) in [4.78, 5) is 4.00. The Balaban J connectivity index is 2.33. The van der Waals surface area contributed by atoms with Gasteiger partial charge in [0.25, 0.3) is 0 Å². The van der Waals surface area contributed by atoms with Crippen LogP contribution in [0.25, 0.3) is 0 Å². The molecule has 1 aromatic rings. The minimum atomic E-state index is -0.284. The summed E-state index contributed by atoms with van der Waals surface area (Å²) in [5, 5.41) is 3.49. The topological polar surface area (TPSA) is 34.2 Å². The summed E-state index contributed by atoms with van der Waals surface area (Å²) in [5.41, 5.74) is 0.667. The molecule has 1 fully saturated rings. The number of aromatic nitrogens is 1. The molecule has 1 saturated carbocycles. The summed E-state index contributed by atoms with van der Waals surface area (Å²) in [7, 11) is 0. The fourth-order valence-corrected chi connectivity index (χ4v) is 3.35. The molecule has 1 heterocycles. The number of rotatable bonds is 6. The first kappa shape index (κ1) is 15.4. The van der Waals surface area contributed by atoms with Crippen LogP contribution in [0.1, 0.15) is 57.6 Å². The van der Waals surface area contributed by atoms with Crippen LogP contribution in [0.2, 0.25) is 0 Å². The number of ether oxygens (including phenoxy) is 1. The first-order chi connectivity index (χ1) is 9.72. The monoisotopic (exact) mass is 280 g/mol. The van der Waals surface area contributed by atoms with Gasteiger partial charge in [0.05, 0.1) is 17.8 Å². The molecule has 112 valence electrons. The summed E-state index contributed by atoms with van der Waals surface area (Å²) >= 11 is 0. The van der Waals surface area contributed by atoms with Gasteiger partial charge in [-0.1, -0.05) is 26.2 Å². The zero-order chi connectivity index (χ0) is 14.4. The molecular weight excluding hydrogens is 255 g/mol. The molecule has 4 heteroatoms. The Morgan fingerprint density at radius 2 is 2.05 bits per heavy atom. The molecule has 1 unspecified atom stereocenters. The first-order valence-corrected chi connectivity index (χ1v) is 7.69. The van der Waals surface area contributed by atoms with Crippen molar-refractivity contribution in [3.63, 3.8) is 0 Å². The zero-order valence-electron chi connectivity index (χ0n) is 12.5. The number of nitrogens with one attached hydrogen (secondary N) is 1. The van der Waals surface area contributed by atoms with Crippen molar-refractivity contribution < 1.29 is 9.13 Å². The number of hydrogen-bond donors (Lipinski definition) is 1. The van der Waals surface area contributed by atoms with Gasteiger partial charge in [0.2, 0.25) is 0 Å². The Morgan fingerprint density at radius 1 is 1.30 bits per heavy atom. The Bertz CT molecular complexity index is 413. The largest absolute Gasteiger partial charge is 0.373 e. The van der Waals surface area contributed by atoms with Gasteiger partial charge in [-0.25, -0.2) is 4.39 Å². The first-order valence-electron chi connectivity index (χ1n) is 7.69. The summed E-state index contributed by atoms with van der Waals surface area (Å²) in [6.07, 6.45) is 8.65. The van der Waals surface area contributed by atoms with Gasteiger partial charge in [-0.2, -0.15) is 0 Å². The van der Waals surface area contributed by atoms with Crippen molar-refractivity contribution in [3.05, 3.63) is 29.8 Å². The molecule has 0 aliphatic heterocycles. The molecular formula is C16H25FN2O. The Hall–Kier alpha value is -1.00. The Kier molecular flexibility index (Phi) is 5.49. The lowest BCUT2D eigenvalue weighted by molar-refractivity contribution is -0.0910. The predicted molar refractivity (Wildman–Crippen MR) is 78.1 cm³/mol. The van der Waals surface area contributed by atoms with Crippen LogP contribution >= 0.6 is 0 Å². The van der Waals surface area contributed by atoms with Crippen molar-refractivity contribution in [1.82, 2.24) is 10.3 Å². The van der Waals surface area contributed by atoms with Gasteiger partial charge in [-0.3, -0.25) is 4.98 Å². The molecule has 0 amide bonds. The van der Waals surface area contributed by atoms with E-state index < -0.39 is 0 Å². The molecule has 0 bridgehead atoms. The van der Waals surface area contributed by atoms with Gasteiger partial charge in [0.15, 0.2) is 0 Å². The van der Waals surface area contributed by atoms with E-state index in [9.17, 15) is 4.39 Å². The smallest absolute Gasteiger partial charge is 0.141 e. The highest BCUT2D eigenvalue weighted by Crippen LogP contribution is 2.41. The lowest BCUT2D eigenvalue weighted by atomic mass is 9.76. The van der Waals surface area contributed by atoms with Crippen molar-refractivity contribution in [2.24, 2.45) is 0 Å². The number of nitrogens with zero attached hydrogens (tertiary/aromatic N) is 1. The van der Waals surface area contributed by atoms with Crippen molar-refractivity contribution in [3.8, 4) is 0 Å². The van der Waals surface area contributed by atoms with Gasteiger partial charge < -0.3 is 10.1 Å². The minimum absolute atomic E-state index is 0.0101. The van der Waals surface area contributed by atoms with E-state index in [1.54, 1.807) is 12.3 Å². The van der Waals surface area contributed by atoms with Crippen LogP contribution in [0, 0.1) is 5.82 Å².